The van der Waals surface area contributed by atoms with Crippen LogP contribution in [0, 0.1) is 18.3 Å². The van der Waals surface area contributed by atoms with Gasteiger partial charge in [-0.2, -0.15) is 5.26 Å². The minimum atomic E-state index is -0.252. The molecular weight excluding hydrogens is 813 g/mol. The second-order valence-electron chi connectivity index (χ2n) is 17.3. The van der Waals surface area contributed by atoms with Crippen molar-refractivity contribution < 1.29 is 23.9 Å². The van der Waals surface area contributed by atoms with Crippen LogP contribution in [0.2, 0.25) is 0 Å². The van der Waals surface area contributed by atoms with Gasteiger partial charge in [-0.1, -0.05) is 60.7 Å². The molecule has 5 aromatic carbocycles. The standard InChI is InChI=1S/C54H54N6O5/c1-37-28-41-11-7-8-12-43(41)36-59(37)53(62)50-32-44-35-58(52(61)30-39-16-18-47(19-17-39)65-27-24-57-22-25-64-26-23-57)21-20-42(44)31-49(50)51-33-48(38(2)56(51)3)54(63)60(45-13-5-4-6-14-45)46-15-9-10-40(29-46)34-55/h4-19,29,31-33,37H,20-28,30,35-36H2,1-3H3/t37-/m1/s1. The Bertz CT molecular complexity index is 2770. The zero-order valence-corrected chi connectivity index (χ0v) is 37.3. The molecule has 0 bridgehead atoms. The molecule has 65 heavy (non-hydrogen) atoms. The van der Waals surface area contributed by atoms with Crippen molar-refractivity contribution in [2.45, 2.75) is 52.2 Å². The third kappa shape index (κ3) is 9.19. The number of aromatic nitrogens is 1. The lowest BCUT2D eigenvalue weighted by atomic mass is 9.89. The Morgan fingerprint density at radius 3 is 2.29 bits per heavy atom. The number of nitriles is 1. The molecule has 6 aromatic rings. The van der Waals surface area contributed by atoms with Crippen LogP contribution in [0.4, 0.5) is 11.4 Å². The first-order chi connectivity index (χ1) is 31.6. The molecule has 3 aliphatic heterocycles. The van der Waals surface area contributed by atoms with Crippen LogP contribution < -0.4 is 9.64 Å². The summed E-state index contributed by atoms with van der Waals surface area (Å²) in [5.41, 5.74) is 10.3. The molecule has 4 heterocycles. The summed E-state index contributed by atoms with van der Waals surface area (Å²) in [6.07, 6.45) is 1.63. The summed E-state index contributed by atoms with van der Waals surface area (Å²) in [5.74, 6) is 0.466. The van der Waals surface area contributed by atoms with Gasteiger partial charge in [0, 0.05) is 80.6 Å². The fourth-order valence-electron chi connectivity index (χ4n) is 9.39. The van der Waals surface area contributed by atoms with E-state index in [1.807, 2.05) is 113 Å². The first-order valence-electron chi connectivity index (χ1n) is 22.5. The van der Waals surface area contributed by atoms with Crippen molar-refractivity contribution in [3.8, 4) is 23.1 Å². The number of rotatable bonds is 11. The Morgan fingerprint density at radius 2 is 1.52 bits per heavy atom. The average molecular weight is 867 g/mol. The first kappa shape index (κ1) is 43.3. The third-order valence-corrected chi connectivity index (χ3v) is 13.3. The van der Waals surface area contributed by atoms with E-state index in [-0.39, 0.29) is 30.2 Å². The number of amides is 3. The summed E-state index contributed by atoms with van der Waals surface area (Å²) in [6.45, 7) is 10.2. The summed E-state index contributed by atoms with van der Waals surface area (Å²) < 4.78 is 13.4. The molecule has 1 atom stereocenters. The molecule has 330 valence electrons. The molecule has 11 heteroatoms. The Balaban J connectivity index is 1.01. The number of hydrogen-bond acceptors (Lipinski definition) is 7. The van der Waals surface area contributed by atoms with Gasteiger partial charge in [0.1, 0.15) is 12.4 Å². The number of para-hydroxylation sites is 1. The highest BCUT2D eigenvalue weighted by Gasteiger charge is 2.33. The second kappa shape index (κ2) is 19.0. The fraction of sp³-hybridized carbons (Fsp3) is 0.296. The first-order valence-corrected chi connectivity index (χ1v) is 22.5. The van der Waals surface area contributed by atoms with Gasteiger partial charge in [0.05, 0.1) is 42.5 Å². The number of fused-ring (bicyclic) bond motifs is 2. The quantitative estimate of drug-likeness (QED) is 0.129. The van der Waals surface area contributed by atoms with E-state index in [2.05, 4.69) is 36.1 Å². The van der Waals surface area contributed by atoms with E-state index in [9.17, 15) is 14.9 Å². The average Bonchev–Trinajstić information content (AvgIpc) is 3.64. The van der Waals surface area contributed by atoms with E-state index in [1.54, 1.807) is 23.1 Å². The zero-order chi connectivity index (χ0) is 45.0. The van der Waals surface area contributed by atoms with Gasteiger partial charge in [-0.3, -0.25) is 24.2 Å². The van der Waals surface area contributed by atoms with Gasteiger partial charge in [-0.05, 0) is 115 Å². The molecule has 0 saturated carbocycles. The predicted octanol–water partition coefficient (Wildman–Crippen LogP) is 8.28. The minimum absolute atomic E-state index is 0.0272. The lowest BCUT2D eigenvalue weighted by Gasteiger charge is -2.36. The van der Waals surface area contributed by atoms with Crippen LogP contribution in [0.15, 0.2) is 121 Å². The molecule has 9 rings (SSSR count). The van der Waals surface area contributed by atoms with Gasteiger partial charge in [0.2, 0.25) is 5.91 Å². The summed E-state index contributed by atoms with van der Waals surface area (Å²) in [5, 5.41) is 9.74. The van der Waals surface area contributed by atoms with Crippen LogP contribution >= 0.6 is 0 Å². The van der Waals surface area contributed by atoms with Gasteiger partial charge in [-0.15, -0.1) is 0 Å². The highest BCUT2D eigenvalue weighted by molar-refractivity contribution is 6.12. The number of anilines is 2. The molecule has 3 aliphatic rings. The van der Waals surface area contributed by atoms with Gasteiger partial charge in [0.25, 0.3) is 11.8 Å². The number of carbonyl (C=O) groups excluding carboxylic acids is 3. The van der Waals surface area contributed by atoms with E-state index < -0.39 is 0 Å². The molecule has 0 spiro atoms. The molecule has 0 unspecified atom stereocenters. The van der Waals surface area contributed by atoms with Crippen LogP contribution in [0.25, 0.3) is 11.3 Å². The maximum atomic E-state index is 15.1. The Kier molecular flexibility index (Phi) is 12.6. The molecule has 11 nitrogen and oxygen atoms in total. The Morgan fingerprint density at radius 1 is 0.785 bits per heavy atom. The van der Waals surface area contributed by atoms with E-state index in [0.717, 1.165) is 84.2 Å². The summed E-state index contributed by atoms with van der Waals surface area (Å²) in [6, 6.07) is 40.7. The van der Waals surface area contributed by atoms with Crippen molar-refractivity contribution in [1.82, 2.24) is 19.3 Å². The minimum Gasteiger partial charge on any atom is -0.492 e. The van der Waals surface area contributed by atoms with E-state index in [4.69, 9.17) is 9.47 Å². The van der Waals surface area contributed by atoms with Gasteiger partial charge in [-0.25, -0.2) is 0 Å². The normalized spacial score (nSPS) is 16.0. The maximum Gasteiger partial charge on any atom is 0.264 e. The smallest absolute Gasteiger partial charge is 0.264 e. The van der Waals surface area contributed by atoms with Crippen LogP contribution in [0.5, 0.6) is 5.75 Å². The number of hydrogen-bond donors (Lipinski definition) is 0. The fourth-order valence-corrected chi connectivity index (χ4v) is 9.39. The maximum absolute atomic E-state index is 15.1. The van der Waals surface area contributed by atoms with Gasteiger partial charge < -0.3 is 23.8 Å². The van der Waals surface area contributed by atoms with Crippen LogP contribution in [0.3, 0.4) is 0 Å². The van der Waals surface area contributed by atoms with E-state index in [1.165, 1.54) is 5.56 Å². The van der Waals surface area contributed by atoms with E-state index in [0.29, 0.717) is 60.7 Å². The van der Waals surface area contributed by atoms with Gasteiger partial charge >= 0.3 is 0 Å². The molecule has 0 N–H and O–H groups in total. The van der Waals surface area contributed by atoms with Crippen molar-refractivity contribution in [3.63, 3.8) is 0 Å². The summed E-state index contributed by atoms with van der Waals surface area (Å²) in [7, 11) is 1.93. The molecule has 3 amide bonds. The molecule has 1 fully saturated rings. The zero-order valence-electron chi connectivity index (χ0n) is 37.3. The van der Waals surface area contributed by atoms with Gasteiger partial charge in [0.15, 0.2) is 0 Å². The summed E-state index contributed by atoms with van der Waals surface area (Å²) >= 11 is 0. The Hall–Kier alpha value is -7.00. The molecular formula is C54H54N6O5. The largest absolute Gasteiger partial charge is 0.492 e. The Labute approximate surface area is 381 Å². The number of nitrogens with zero attached hydrogens (tertiary/aromatic N) is 6. The third-order valence-electron chi connectivity index (χ3n) is 13.3. The van der Waals surface area contributed by atoms with Crippen LogP contribution in [-0.4, -0.2) is 89.0 Å². The monoisotopic (exact) mass is 866 g/mol. The topological polar surface area (TPSA) is 111 Å². The lowest BCUT2D eigenvalue weighted by Crippen LogP contribution is -2.43. The lowest BCUT2D eigenvalue weighted by molar-refractivity contribution is -0.131. The van der Waals surface area contributed by atoms with Crippen molar-refractivity contribution >= 4 is 29.1 Å². The highest BCUT2D eigenvalue weighted by atomic mass is 16.5. The van der Waals surface area contributed by atoms with Crippen molar-refractivity contribution in [2.24, 2.45) is 7.05 Å². The highest BCUT2D eigenvalue weighted by Crippen LogP contribution is 2.37. The number of carbonyl (C=O) groups is 3. The number of morpholine rings is 1. The molecule has 0 radical (unpaired) electrons. The van der Waals surface area contributed by atoms with Crippen molar-refractivity contribution in [1.29, 1.82) is 5.26 Å². The molecule has 1 saturated heterocycles. The van der Waals surface area contributed by atoms with Crippen molar-refractivity contribution in [2.75, 3.05) is 50.9 Å². The molecule has 1 aromatic heterocycles. The van der Waals surface area contributed by atoms with Crippen LogP contribution in [0.1, 0.15) is 66.7 Å². The van der Waals surface area contributed by atoms with E-state index >= 15 is 4.79 Å². The predicted molar refractivity (Wildman–Crippen MR) is 251 cm³/mol. The van der Waals surface area contributed by atoms with Crippen molar-refractivity contribution in [3.05, 3.63) is 172 Å². The second-order valence-corrected chi connectivity index (χ2v) is 17.3. The summed E-state index contributed by atoms with van der Waals surface area (Å²) in [4.78, 5) is 51.7. The SMILES string of the molecule is Cc1c(C(=O)N(c2ccccc2)c2cccc(C#N)c2)cc(-c2cc3c(cc2C(=O)N2Cc4ccccc4C[C@H]2C)CN(C(=O)Cc2ccc(OCCN4CCOCC4)cc2)CC3)n1C. The molecule has 0 aliphatic carbocycles. The number of benzene rings is 5. The number of ether oxygens (including phenoxy) is 2. The van der Waals surface area contributed by atoms with Crippen LogP contribution in [-0.2, 0) is 48.9 Å².